The third kappa shape index (κ3) is 4.88. The van der Waals surface area contributed by atoms with Crippen molar-refractivity contribution in [1.29, 1.82) is 0 Å². The molecule has 3 nitrogen and oxygen atoms in total. The number of rotatable bonds is 3. The minimum atomic E-state index is -0.996. The summed E-state index contributed by atoms with van der Waals surface area (Å²) in [7, 11) is 0. The van der Waals surface area contributed by atoms with Crippen molar-refractivity contribution < 1.29 is 14.6 Å². The van der Waals surface area contributed by atoms with Gasteiger partial charge in [0.2, 0.25) is 0 Å². The van der Waals surface area contributed by atoms with Gasteiger partial charge in [0.05, 0.1) is 0 Å². The Kier molecular flexibility index (Phi) is 4.40. The van der Waals surface area contributed by atoms with Gasteiger partial charge in [-0.15, -0.1) is 0 Å². The fourth-order valence-corrected chi connectivity index (χ4v) is 0.818. The van der Waals surface area contributed by atoms with Crippen molar-refractivity contribution in [3.05, 3.63) is 0 Å². The molecule has 0 spiro atoms. The van der Waals surface area contributed by atoms with E-state index in [2.05, 4.69) is 0 Å². The van der Waals surface area contributed by atoms with Crippen molar-refractivity contribution in [1.82, 2.24) is 0 Å². The number of carbonyl (C=O) groups excluding carboxylic acids is 1. The second kappa shape index (κ2) is 4.61. The summed E-state index contributed by atoms with van der Waals surface area (Å²) < 4.78 is 5.03. The molecule has 0 aromatic heterocycles. The number of esters is 1. The van der Waals surface area contributed by atoms with E-state index < -0.39 is 17.7 Å². The molecule has 0 aliphatic carbocycles. The van der Waals surface area contributed by atoms with Crippen molar-refractivity contribution in [3.63, 3.8) is 0 Å². The molecule has 0 radical (unpaired) electrons. The van der Waals surface area contributed by atoms with Gasteiger partial charge in [-0.3, -0.25) is 0 Å². The van der Waals surface area contributed by atoms with Crippen LogP contribution in [0.15, 0.2) is 0 Å². The lowest BCUT2D eigenvalue weighted by molar-refractivity contribution is -0.167. The van der Waals surface area contributed by atoms with Gasteiger partial charge >= 0.3 is 5.97 Å². The molecule has 1 N–H and O–H groups in total. The Labute approximate surface area is 80.1 Å². The van der Waals surface area contributed by atoms with Crippen LogP contribution in [0.4, 0.5) is 0 Å². The van der Waals surface area contributed by atoms with E-state index in [9.17, 15) is 9.90 Å². The lowest BCUT2D eigenvalue weighted by Gasteiger charge is -2.23. The molecule has 0 aliphatic heterocycles. The molecule has 0 fully saturated rings. The first kappa shape index (κ1) is 12.4. The number of ether oxygens (including phenoxy) is 1. The van der Waals surface area contributed by atoms with Crippen LogP contribution < -0.4 is 0 Å². The van der Waals surface area contributed by atoms with Crippen LogP contribution in [-0.4, -0.2) is 22.8 Å². The molecule has 3 heteroatoms. The first-order valence-corrected chi connectivity index (χ1v) is 4.69. The van der Waals surface area contributed by atoms with Crippen molar-refractivity contribution in [2.45, 2.75) is 52.7 Å². The van der Waals surface area contributed by atoms with Gasteiger partial charge in [0.1, 0.15) is 5.60 Å². The molecule has 0 aliphatic rings. The first-order chi connectivity index (χ1) is 5.78. The molecule has 2 atom stereocenters. The lowest BCUT2D eigenvalue weighted by Crippen LogP contribution is -2.35. The molecule has 0 heterocycles. The van der Waals surface area contributed by atoms with Crippen LogP contribution >= 0.6 is 0 Å². The quantitative estimate of drug-likeness (QED) is 0.686. The smallest absolute Gasteiger partial charge is 0.335 e. The third-order valence-electron chi connectivity index (χ3n) is 1.83. The zero-order valence-electron chi connectivity index (χ0n) is 9.13. The highest BCUT2D eigenvalue weighted by molar-refractivity contribution is 5.75. The normalized spacial score (nSPS) is 16.5. The minimum Gasteiger partial charge on any atom is -0.458 e. The Morgan fingerprint density at radius 3 is 2.23 bits per heavy atom. The zero-order chi connectivity index (χ0) is 10.6. The van der Waals surface area contributed by atoms with Gasteiger partial charge in [-0.1, -0.05) is 20.3 Å². The third-order valence-corrected chi connectivity index (χ3v) is 1.83. The van der Waals surface area contributed by atoms with Crippen LogP contribution in [0.1, 0.15) is 41.0 Å². The van der Waals surface area contributed by atoms with Gasteiger partial charge in [0, 0.05) is 0 Å². The molecule has 0 bridgehead atoms. The summed E-state index contributed by atoms with van der Waals surface area (Å²) in [6.45, 7) is 9.11. The Hall–Kier alpha value is -0.570. The average Bonchev–Trinajstić information content (AvgIpc) is 1.98. The minimum absolute atomic E-state index is 0.0464. The molecule has 0 aromatic carbocycles. The van der Waals surface area contributed by atoms with E-state index in [0.717, 1.165) is 6.42 Å². The standard InChI is InChI=1S/C10H20O3/c1-6-7(2)8(11)9(12)13-10(3,4)5/h7-8,11H,6H2,1-5H3. The molecule has 13 heavy (non-hydrogen) atoms. The summed E-state index contributed by atoms with van der Waals surface area (Å²) in [4.78, 5) is 11.3. The van der Waals surface area contributed by atoms with E-state index in [0.29, 0.717) is 0 Å². The summed E-state index contributed by atoms with van der Waals surface area (Å²) in [5.41, 5.74) is -0.522. The highest BCUT2D eigenvalue weighted by Crippen LogP contribution is 2.14. The van der Waals surface area contributed by atoms with Crippen LogP contribution in [0.25, 0.3) is 0 Å². The van der Waals surface area contributed by atoms with Crippen LogP contribution in [-0.2, 0) is 9.53 Å². The van der Waals surface area contributed by atoms with Crippen molar-refractivity contribution in [2.24, 2.45) is 5.92 Å². The highest BCUT2D eigenvalue weighted by atomic mass is 16.6. The maximum absolute atomic E-state index is 11.3. The maximum atomic E-state index is 11.3. The van der Waals surface area contributed by atoms with Gasteiger partial charge in [0.15, 0.2) is 6.10 Å². The van der Waals surface area contributed by atoms with E-state index in [-0.39, 0.29) is 5.92 Å². The van der Waals surface area contributed by atoms with Crippen molar-refractivity contribution >= 4 is 5.97 Å². The van der Waals surface area contributed by atoms with Gasteiger partial charge in [0.25, 0.3) is 0 Å². The van der Waals surface area contributed by atoms with Gasteiger partial charge in [-0.2, -0.15) is 0 Å². The molecule has 2 unspecified atom stereocenters. The topological polar surface area (TPSA) is 46.5 Å². The van der Waals surface area contributed by atoms with Crippen LogP contribution in [0, 0.1) is 5.92 Å². The summed E-state index contributed by atoms with van der Waals surface area (Å²) in [6, 6.07) is 0. The van der Waals surface area contributed by atoms with Crippen molar-refractivity contribution in [2.75, 3.05) is 0 Å². The van der Waals surface area contributed by atoms with Crippen LogP contribution in [0.5, 0.6) is 0 Å². The SMILES string of the molecule is CCC(C)C(O)C(=O)OC(C)(C)C. The number of carbonyl (C=O) groups is 1. The summed E-state index contributed by atoms with van der Waals surface area (Å²) in [6.07, 6.45) is -0.232. The predicted octanol–water partition coefficient (Wildman–Crippen LogP) is 1.74. The molecule has 78 valence electrons. The van der Waals surface area contributed by atoms with E-state index in [1.54, 1.807) is 20.8 Å². The van der Waals surface area contributed by atoms with Gasteiger partial charge < -0.3 is 9.84 Å². The molecule has 0 rings (SSSR count). The summed E-state index contributed by atoms with van der Waals surface area (Å²) >= 11 is 0. The molecule has 0 amide bonds. The molecular formula is C10H20O3. The number of hydrogen-bond acceptors (Lipinski definition) is 3. The number of aliphatic hydroxyl groups excluding tert-OH is 1. The monoisotopic (exact) mass is 188 g/mol. The number of aliphatic hydroxyl groups is 1. The number of hydrogen-bond donors (Lipinski definition) is 1. The van der Waals surface area contributed by atoms with E-state index in [4.69, 9.17) is 4.74 Å². The molecule has 0 aromatic rings. The molecule has 0 saturated heterocycles. The second-order valence-electron chi connectivity index (χ2n) is 4.36. The zero-order valence-corrected chi connectivity index (χ0v) is 9.13. The summed E-state index contributed by atoms with van der Waals surface area (Å²) in [5.74, 6) is -0.573. The van der Waals surface area contributed by atoms with Gasteiger partial charge in [-0.05, 0) is 26.7 Å². The Bertz CT molecular complexity index is 169. The predicted molar refractivity (Wildman–Crippen MR) is 51.3 cm³/mol. The Morgan fingerprint density at radius 2 is 1.92 bits per heavy atom. The largest absolute Gasteiger partial charge is 0.458 e. The Morgan fingerprint density at radius 1 is 1.46 bits per heavy atom. The Balaban J connectivity index is 4.12. The van der Waals surface area contributed by atoms with Crippen LogP contribution in [0.3, 0.4) is 0 Å². The lowest BCUT2D eigenvalue weighted by atomic mass is 10.0. The molecule has 0 saturated carbocycles. The highest BCUT2D eigenvalue weighted by Gasteiger charge is 2.26. The summed E-state index contributed by atoms with van der Waals surface area (Å²) in [5, 5.41) is 9.48. The van der Waals surface area contributed by atoms with Gasteiger partial charge in [-0.25, -0.2) is 4.79 Å². The van der Waals surface area contributed by atoms with Crippen molar-refractivity contribution in [3.8, 4) is 0 Å². The van der Waals surface area contributed by atoms with E-state index in [1.807, 2.05) is 13.8 Å². The second-order valence-corrected chi connectivity index (χ2v) is 4.36. The van der Waals surface area contributed by atoms with E-state index >= 15 is 0 Å². The van der Waals surface area contributed by atoms with E-state index in [1.165, 1.54) is 0 Å². The first-order valence-electron chi connectivity index (χ1n) is 4.69. The fraction of sp³-hybridized carbons (Fsp3) is 0.900. The maximum Gasteiger partial charge on any atom is 0.335 e. The molecular weight excluding hydrogens is 168 g/mol. The average molecular weight is 188 g/mol. The van der Waals surface area contributed by atoms with Crippen LogP contribution in [0.2, 0.25) is 0 Å². The fourth-order valence-electron chi connectivity index (χ4n) is 0.818.